The number of rotatable bonds is 2. The van der Waals surface area contributed by atoms with Crippen LogP contribution in [0, 0.1) is 13.8 Å². The molecule has 1 amide bonds. The summed E-state index contributed by atoms with van der Waals surface area (Å²) in [6, 6.07) is 0. The molecule has 0 aliphatic heterocycles. The summed E-state index contributed by atoms with van der Waals surface area (Å²) in [5.74, 6) is -0.342. The number of amides is 1. The van der Waals surface area contributed by atoms with Crippen LogP contribution in [0.5, 0.6) is 0 Å². The molecule has 1 heterocycles. The molecule has 1 aromatic heterocycles. The van der Waals surface area contributed by atoms with Crippen LogP contribution in [0.3, 0.4) is 0 Å². The lowest BCUT2D eigenvalue weighted by atomic mass is 10.1. The van der Waals surface area contributed by atoms with Crippen molar-refractivity contribution in [1.29, 1.82) is 0 Å². The second kappa shape index (κ2) is 3.38. The van der Waals surface area contributed by atoms with Gasteiger partial charge < -0.3 is 10.6 Å². The van der Waals surface area contributed by atoms with Gasteiger partial charge in [0.15, 0.2) is 0 Å². The van der Waals surface area contributed by atoms with Crippen molar-refractivity contribution in [3.8, 4) is 0 Å². The van der Waals surface area contributed by atoms with Crippen molar-refractivity contribution in [2.75, 3.05) is 19.0 Å². The maximum atomic E-state index is 11.2. The molecule has 72 valence electrons. The van der Waals surface area contributed by atoms with Crippen LogP contribution in [0.15, 0.2) is 0 Å². The van der Waals surface area contributed by atoms with Crippen molar-refractivity contribution in [3.05, 3.63) is 16.0 Å². The molecule has 1 aromatic rings. The molecule has 0 spiro atoms. The Hall–Kier alpha value is -1.03. The summed E-state index contributed by atoms with van der Waals surface area (Å²) in [4.78, 5) is 14.2. The van der Waals surface area contributed by atoms with Gasteiger partial charge in [-0.05, 0) is 19.4 Å². The molecule has 2 N–H and O–H groups in total. The second-order valence-corrected chi connectivity index (χ2v) is 4.43. The highest BCUT2D eigenvalue weighted by Crippen LogP contribution is 2.33. The molecule has 3 nitrogen and oxygen atoms in total. The molecular formula is C9H14N2OS. The zero-order chi connectivity index (χ0) is 10.2. The summed E-state index contributed by atoms with van der Waals surface area (Å²) in [5, 5.41) is 0.947. The van der Waals surface area contributed by atoms with Crippen molar-refractivity contribution in [3.63, 3.8) is 0 Å². The topological polar surface area (TPSA) is 46.3 Å². The molecule has 4 heteroatoms. The van der Waals surface area contributed by atoms with E-state index in [4.69, 9.17) is 5.73 Å². The van der Waals surface area contributed by atoms with Gasteiger partial charge in [0.2, 0.25) is 0 Å². The number of hydrogen-bond donors (Lipinski definition) is 1. The van der Waals surface area contributed by atoms with Crippen LogP contribution in [0.4, 0.5) is 5.00 Å². The fourth-order valence-corrected chi connectivity index (χ4v) is 2.30. The highest BCUT2D eigenvalue weighted by molar-refractivity contribution is 7.16. The fourth-order valence-electron chi connectivity index (χ4n) is 1.21. The number of primary amides is 1. The smallest absolute Gasteiger partial charge is 0.251 e. The van der Waals surface area contributed by atoms with E-state index in [1.54, 1.807) is 11.3 Å². The molecule has 0 aliphatic rings. The van der Waals surface area contributed by atoms with Crippen LogP contribution in [-0.4, -0.2) is 20.0 Å². The first-order chi connectivity index (χ1) is 5.95. The third kappa shape index (κ3) is 1.67. The molecule has 0 radical (unpaired) electrons. The van der Waals surface area contributed by atoms with Crippen LogP contribution < -0.4 is 10.6 Å². The minimum Gasteiger partial charge on any atom is -0.369 e. The van der Waals surface area contributed by atoms with Crippen molar-refractivity contribution < 1.29 is 4.79 Å². The van der Waals surface area contributed by atoms with Gasteiger partial charge in [0, 0.05) is 19.0 Å². The van der Waals surface area contributed by atoms with Crippen LogP contribution in [0.1, 0.15) is 20.8 Å². The van der Waals surface area contributed by atoms with Crippen LogP contribution in [0.25, 0.3) is 0 Å². The maximum Gasteiger partial charge on any atom is 0.251 e. The van der Waals surface area contributed by atoms with E-state index in [0.29, 0.717) is 5.56 Å². The van der Waals surface area contributed by atoms with Crippen molar-refractivity contribution in [2.45, 2.75) is 13.8 Å². The predicted octanol–water partition coefficient (Wildman–Crippen LogP) is 1.53. The Kier molecular flexibility index (Phi) is 2.61. The summed E-state index contributed by atoms with van der Waals surface area (Å²) in [5.41, 5.74) is 6.97. The Bertz CT molecular complexity index is 342. The third-order valence-corrected chi connectivity index (χ3v) is 3.39. The van der Waals surface area contributed by atoms with E-state index < -0.39 is 0 Å². The van der Waals surface area contributed by atoms with Gasteiger partial charge in [-0.3, -0.25) is 4.79 Å². The van der Waals surface area contributed by atoms with E-state index in [0.717, 1.165) is 15.4 Å². The Labute approximate surface area is 82.2 Å². The minimum atomic E-state index is -0.342. The lowest BCUT2D eigenvalue weighted by Crippen LogP contribution is -2.17. The molecule has 0 atom stereocenters. The van der Waals surface area contributed by atoms with Gasteiger partial charge in [0.25, 0.3) is 5.91 Å². The number of anilines is 1. The zero-order valence-corrected chi connectivity index (χ0v) is 9.16. The number of aryl methyl sites for hydroxylation is 1. The third-order valence-electron chi connectivity index (χ3n) is 2.02. The summed E-state index contributed by atoms with van der Waals surface area (Å²) in [7, 11) is 3.83. The monoisotopic (exact) mass is 198 g/mol. The van der Waals surface area contributed by atoms with Gasteiger partial charge in [0.05, 0.1) is 5.56 Å². The van der Waals surface area contributed by atoms with E-state index in [2.05, 4.69) is 0 Å². The highest BCUT2D eigenvalue weighted by Gasteiger charge is 2.17. The molecule has 0 saturated heterocycles. The summed E-state index contributed by atoms with van der Waals surface area (Å²) >= 11 is 1.60. The van der Waals surface area contributed by atoms with Gasteiger partial charge >= 0.3 is 0 Å². The largest absolute Gasteiger partial charge is 0.369 e. The van der Waals surface area contributed by atoms with Crippen LogP contribution in [-0.2, 0) is 0 Å². The Morgan fingerprint density at radius 1 is 1.38 bits per heavy atom. The predicted molar refractivity (Wildman–Crippen MR) is 56.6 cm³/mol. The van der Waals surface area contributed by atoms with Gasteiger partial charge in [0.1, 0.15) is 5.00 Å². The van der Waals surface area contributed by atoms with E-state index >= 15 is 0 Å². The fraction of sp³-hybridized carbons (Fsp3) is 0.444. The Morgan fingerprint density at radius 3 is 2.23 bits per heavy atom. The van der Waals surface area contributed by atoms with Gasteiger partial charge in [-0.2, -0.15) is 0 Å². The average molecular weight is 198 g/mol. The lowest BCUT2D eigenvalue weighted by Gasteiger charge is -2.10. The molecule has 13 heavy (non-hydrogen) atoms. The van der Waals surface area contributed by atoms with E-state index in [1.165, 1.54) is 0 Å². The van der Waals surface area contributed by atoms with E-state index in [9.17, 15) is 4.79 Å². The second-order valence-electron chi connectivity index (χ2n) is 3.22. The number of carbonyl (C=O) groups excluding carboxylic acids is 1. The molecule has 0 bridgehead atoms. The van der Waals surface area contributed by atoms with Gasteiger partial charge in [-0.1, -0.05) is 0 Å². The Balaban J connectivity index is 3.35. The highest BCUT2D eigenvalue weighted by atomic mass is 32.1. The van der Waals surface area contributed by atoms with Gasteiger partial charge in [-0.25, -0.2) is 0 Å². The van der Waals surface area contributed by atoms with Crippen LogP contribution in [0.2, 0.25) is 0 Å². The lowest BCUT2D eigenvalue weighted by molar-refractivity contribution is 0.100. The maximum absolute atomic E-state index is 11.2. The first-order valence-corrected chi connectivity index (χ1v) is 4.84. The van der Waals surface area contributed by atoms with Crippen LogP contribution >= 0.6 is 11.3 Å². The molecule has 0 aromatic carbocycles. The van der Waals surface area contributed by atoms with E-state index in [1.807, 2.05) is 32.8 Å². The number of nitrogens with zero attached hydrogens (tertiary/aromatic N) is 1. The first kappa shape index (κ1) is 10.1. The first-order valence-electron chi connectivity index (χ1n) is 4.02. The average Bonchev–Trinajstić information content (AvgIpc) is 2.28. The number of carbonyl (C=O) groups is 1. The van der Waals surface area contributed by atoms with Crippen molar-refractivity contribution >= 4 is 22.2 Å². The molecule has 0 fully saturated rings. The van der Waals surface area contributed by atoms with Crippen molar-refractivity contribution in [2.24, 2.45) is 5.73 Å². The molecule has 0 saturated carbocycles. The zero-order valence-electron chi connectivity index (χ0n) is 8.34. The molecule has 1 rings (SSSR count). The number of thiophene rings is 1. The SMILES string of the molecule is Cc1sc(N(C)C)c(C(N)=O)c1C. The molecule has 0 unspecified atom stereocenters. The summed E-state index contributed by atoms with van der Waals surface area (Å²) in [6.45, 7) is 3.93. The minimum absolute atomic E-state index is 0.342. The summed E-state index contributed by atoms with van der Waals surface area (Å²) in [6.07, 6.45) is 0. The molecule has 0 aliphatic carbocycles. The summed E-state index contributed by atoms with van der Waals surface area (Å²) < 4.78 is 0. The quantitative estimate of drug-likeness (QED) is 0.783. The number of nitrogens with two attached hydrogens (primary N) is 1. The number of hydrogen-bond acceptors (Lipinski definition) is 3. The van der Waals surface area contributed by atoms with E-state index in [-0.39, 0.29) is 5.91 Å². The molecular weight excluding hydrogens is 184 g/mol. The Morgan fingerprint density at radius 2 is 1.92 bits per heavy atom. The normalized spacial score (nSPS) is 10.2. The van der Waals surface area contributed by atoms with Crippen molar-refractivity contribution in [1.82, 2.24) is 0 Å². The van der Waals surface area contributed by atoms with Gasteiger partial charge in [-0.15, -0.1) is 11.3 Å². The standard InChI is InChI=1S/C9H14N2OS/c1-5-6(2)13-9(11(3)4)7(5)8(10)12/h1-4H3,(H2,10,12).